The van der Waals surface area contributed by atoms with Crippen molar-refractivity contribution in [1.82, 2.24) is 15.1 Å². The van der Waals surface area contributed by atoms with Crippen molar-refractivity contribution in [2.75, 3.05) is 39.8 Å². The zero-order valence-electron chi connectivity index (χ0n) is 16.0. The molecule has 1 fully saturated rings. The second-order valence-corrected chi connectivity index (χ2v) is 7.15. The first-order chi connectivity index (χ1) is 13.0. The molecule has 1 saturated heterocycles. The van der Waals surface area contributed by atoms with Crippen LogP contribution in [0.25, 0.3) is 0 Å². The minimum atomic E-state index is -0.392. The van der Waals surface area contributed by atoms with Crippen LogP contribution < -0.4 is 5.32 Å². The van der Waals surface area contributed by atoms with Crippen LogP contribution in [0.4, 0.5) is 0 Å². The van der Waals surface area contributed by atoms with E-state index < -0.39 is 5.92 Å². The summed E-state index contributed by atoms with van der Waals surface area (Å²) in [5.41, 5.74) is 2.06. The highest BCUT2D eigenvalue weighted by Gasteiger charge is 2.24. The standard InChI is InChI=1S/C21H27N3O3/c1-16-5-7-17(8-6-16)19(14-18-4-3-13-27-18)21(26)22-15-20(25)24-11-9-23(2)10-12-24/h3-8,13,19H,9-12,14-15H2,1-2H3,(H,22,26). The van der Waals surface area contributed by atoms with E-state index in [-0.39, 0.29) is 18.4 Å². The second kappa shape index (κ2) is 8.86. The molecule has 1 aliphatic rings. The molecular weight excluding hydrogens is 342 g/mol. The van der Waals surface area contributed by atoms with Gasteiger partial charge >= 0.3 is 0 Å². The molecule has 0 saturated carbocycles. The Morgan fingerprint density at radius 2 is 1.81 bits per heavy atom. The maximum Gasteiger partial charge on any atom is 0.242 e. The Hall–Kier alpha value is -2.60. The third-order valence-electron chi connectivity index (χ3n) is 5.05. The van der Waals surface area contributed by atoms with Gasteiger partial charge in [-0.25, -0.2) is 0 Å². The van der Waals surface area contributed by atoms with E-state index in [4.69, 9.17) is 4.42 Å². The summed E-state index contributed by atoms with van der Waals surface area (Å²) in [6.07, 6.45) is 2.07. The average molecular weight is 369 g/mol. The molecule has 27 heavy (non-hydrogen) atoms. The van der Waals surface area contributed by atoms with Crippen LogP contribution in [0, 0.1) is 6.92 Å². The number of carbonyl (C=O) groups is 2. The Labute approximate surface area is 160 Å². The van der Waals surface area contributed by atoms with E-state index in [1.165, 1.54) is 0 Å². The third kappa shape index (κ3) is 5.20. The average Bonchev–Trinajstić information content (AvgIpc) is 3.18. The number of aryl methyl sites for hydroxylation is 1. The van der Waals surface area contributed by atoms with Crippen LogP contribution in [0.5, 0.6) is 0 Å². The maximum absolute atomic E-state index is 12.9. The predicted molar refractivity (Wildman–Crippen MR) is 103 cm³/mol. The van der Waals surface area contributed by atoms with Crippen molar-refractivity contribution < 1.29 is 14.0 Å². The number of hydrogen-bond acceptors (Lipinski definition) is 4. The summed E-state index contributed by atoms with van der Waals surface area (Å²) in [4.78, 5) is 29.3. The summed E-state index contributed by atoms with van der Waals surface area (Å²) in [5, 5.41) is 2.83. The van der Waals surface area contributed by atoms with Gasteiger partial charge in [-0.3, -0.25) is 9.59 Å². The van der Waals surface area contributed by atoms with Gasteiger partial charge in [0.2, 0.25) is 11.8 Å². The van der Waals surface area contributed by atoms with E-state index in [0.717, 1.165) is 30.0 Å². The Kier molecular flexibility index (Phi) is 6.29. The number of amides is 2. The second-order valence-electron chi connectivity index (χ2n) is 7.15. The molecule has 0 radical (unpaired) electrons. The molecule has 0 aliphatic carbocycles. The number of furan rings is 1. The van der Waals surface area contributed by atoms with Gasteiger partial charge in [-0.05, 0) is 31.7 Å². The van der Waals surface area contributed by atoms with Crippen molar-refractivity contribution in [3.63, 3.8) is 0 Å². The van der Waals surface area contributed by atoms with Crippen LogP contribution in [0.3, 0.4) is 0 Å². The zero-order chi connectivity index (χ0) is 19.2. The number of carbonyl (C=O) groups excluding carboxylic acids is 2. The van der Waals surface area contributed by atoms with E-state index in [2.05, 4.69) is 10.2 Å². The minimum absolute atomic E-state index is 0.0305. The quantitative estimate of drug-likeness (QED) is 0.843. The smallest absolute Gasteiger partial charge is 0.242 e. The van der Waals surface area contributed by atoms with E-state index >= 15 is 0 Å². The highest BCUT2D eigenvalue weighted by atomic mass is 16.3. The summed E-state index contributed by atoms with van der Waals surface area (Å²) in [6, 6.07) is 11.6. The summed E-state index contributed by atoms with van der Waals surface area (Å²) in [7, 11) is 2.05. The van der Waals surface area contributed by atoms with E-state index in [1.807, 2.05) is 55.3 Å². The number of benzene rings is 1. The van der Waals surface area contributed by atoms with Crippen LogP contribution in [0.1, 0.15) is 22.8 Å². The minimum Gasteiger partial charge on any atom is -0.469 e. The number of likely N-dealkylation sites (N-methyl/N-ethyl adjacent to an activating group) is 1. The fraction of sp³-hybridized carbons (Fsp3) is 0.429. The lowest BCUT2D eigenvalue weighted by Crippen LogP contribution is -2.50. The molecule has 1 aromatic carbocycles. The maximum atomic E-state index is 12.9. The first-order valence-electron chi connectivity index (χ1n) is 9.36. The van der Waals surface area contributed by atoms with Crippen LogP contribution in [-0.2, 0) is 16.0 Å². The zero-order valence-corrected chi connectivity index (χ0v) is 16.0. The van der Waals surface area contributed by atoms with E-state index in [1.54, 1.807) is 6.26 Å². The molecule has 2 aromatic rings. The number of nitrogens with one attached hydrogen (secondary N) is 1. The van der Waals surface area contributed by atoms with Gasteiger partial charge in [0, 0.05) is 32.6 Å². The molecule has 1 aliphatic heterocycles. The summed E-state index contributed by atoms with van der Waals surface area (Å²) < 4.78 is 5.43. The Balaban J connectivity index is 1.63. The van der Waals surface area contributed by atoms with Crippen molar-refractivity contribution >= 4 is 11.8 Å². The molecule has 3 rings (SSSR count). The summed E-state index contributed by atoms with van der Waals surface area (Å²) in [6.45, 7) is 5.19. The van der Waals surface area contributed by atoms with Crippen molar-refractivity contribution in [1.29, 1.82) is 0 Å². The lowest BCUT2D eigenvalue weighted by atomic mass is 9.93. The normalized spacial score (nSPS) is 16.1. The molecule has 0 bridgehead atoms. The lowest BCUT2D eigenvalue weighted by Gasteiger charge is -2.32. The molecule has 1 unspecified atom stereocenters. The van der Waals surface area contributed by atoms with Crippen LogP contribution in [0.2, 0.25) is 0 Å². The van der Waals surface area contributed by atoms with Crippen LogP contribution >= 0.6 is 0 Å². The van der Waals surface area contributed by atoms with Gasteiger partial charge in [0.15, 0.2) is 0 Å². The van der Waals surface area contributed by atoms with Gasteiger partial charge in [0.05, 0.1) is 18.7 Å². The Morgan fingerprint density at radius 3 is 2.44 bits per heavy atom. The first-order valence-corrected chi connectivity index (χ1v) is 9.36. The third-order valence-corrected chi connectivity index (χ3v) is 5.05. The van der Waals surface area contributed by atoms with Crippen molar-refractivity contribution in [2.45, 2.75) is 19.3 Å². The fourth-order valence-corrected chi connectivity index (χ4v) is 3.24. The van der Waals surface area contributed by atoms with Gasteiger partial charge in [-0.15, -0.1) is 0 Å². The molecule has 2 heterocycles. The van der Waals surface area contributed by atoms with Crippen LogP contribution in [-0.4, -0.2) is 61.4 Å². The molecule has 6 heteroatoms. The van der Waals surface area contributed by atoms with Crippen molar-refractivity contribution in [3.8, 4) is 0 Å². The lowest BCUT2D eigenvalue weighted by molar-refractivity contribution is -0.134. The largest absolute Gasteiger partial charge is 0.469 e. The van der Waals surface area contributed by atoms with Gasteiger partial charge in [-0.2, -0.15) is 0 Å². The topological polar surface area (TPSA) is 65.8 Å². The highest BCUT2D eigenvalue weighted by molar-refractivity contribution is 5.88. The number of rotatable bonds is 6. The van der Waals surface area contributed by atoms with Gasteiger partial charge in [-0.1, -0.05) is 29.8 Å². The van der Waals surface area contributed by atoms with E-state index in [9.17, 15) is 9.59 Å². The number of piperazine rings is 1. The first kappa shape index (κ1) is 19.2. The number of hydrogen-bond donors (Lipinski definition) is 1. The fourth-order valence-electron chi connectivity index (χ4n) is 3.24. The molecule has 1 atom stereocenters. The summed E-state index contributed by atoms with van der Waals surface area (Å²) >= 11 is 0. The Bertz CT molecular complexity index is 747. The molecule has 2 amide bonds. The van der Waals surface area contributed by atoms with Gasteiger partial charge in [0.25, 0.3) is 0 Å². The Morgan fingerprint density at radius 1 is 1.11 bits per heavy atom. The molecule has 1 N–H and O–H groups in total. The van der Waals surface area contributed by atoms with Crippen LogP contribution in [0.15, 0.2) is 47.1 Å². The molecule has 144 valence electrons. The van der Waals surface area contributed by atoms with E-state index in [0.29, 0.717) is 19.5 Å². The molecule has 6 nitrogen and oxygen atoms in total. The van der Waals surface area contributed by atoms with Gasteiger partial charge < -0.3 is 19.5 Å². The number of nitrogens with zero attached hydrogens (tertiary/aromatic N) is 2. The predicted octanol–water partition coefficient (Wildman–Crippen LogP) is 1.80. The molecular formula is C21H27N3O3. The van der Waals surface area contributed by atoms with Crippen molar-refractivity contribution in [3.05, 3.63) is 59.5 Å². The summed E-state index contributed by atoms with van der Waals surface area (Å²) in [5.74, 6) is 0.174. The van der Waals surface area contributed by atoms with Crippen molar-refractivity contribution in [2.24, 2.45) is 0 Å². The molecule has 1 aromatic heterocycles. The SMILES string of the molecule is Cc1ccc(C(Cc2ccco2)C(=O)NCC(=O)N2CCN(C)CC2)cc1. The highest BCUT2D eigenvalue weighted by Crippen LogP contribution is 2.22. The van der Waals surface area contributed by atoms with Gasteiger partial charge in [0.1, 0.15) is 5.76 Å². The monoisotopic (exact) mass is 369 g/mol. The molecule has 0 spiro atoms.